The molecule has 11 rings (SSSR count). The van der Waals surface area contributed by atoms with Gasteiger partial charge in [-0.3, -0.25) is 4.90 Å². The summed E-state index contributed by atoms with van der Waals surface area (Å²) in [6.07, 6.45) is 6.30. The van der Waals surface area contributed by atoms with Crippen molar-refractivity contribution in [3.63, 3.8) is 0 Å². The number of allylic oxidation sites excluding steroid dienone is 2. The molecule has 0 fully saturated rings. The van der Waals surface area contributed by atoms with Crippen molar-refractivity contribution in [3.05, 3.63) is 210 Å². The first-order chi connectivity index (χ1) is 27.5. The molecule has 1 aliphatic carbocycles. The van der Waals surface area contributed by atoms with E-state index in [0.717, 1.165) is 50.2 Å². The molecule has 1 aromatic heterocycles. The first-order valence-electron chi connectivity index (χ1n) is 19.2. The van der Waals surface area contributed by atoms with Gasteiger partial charge in [-0.2, -0.15) is 0 Å². The van der Waals surface area contributed by atoms with Crippen LogP contribution < -0.4 is 4.90 Å². The van der Waals surface area contributed by atoms with Gasteiger partial charge in [-0.25, -0.2) is 15.0 Å². The van der Waals surface area contributed by atoms with E-state index in [0.29, 0.717) is 18.2 Å². The monoisotopic (exact) mass is 719 g/mol. The Bertz CT molecular complexity index is 2960. The smallest absolute Gasteiger partial charge is 0.182 e. The molecule has 0 unspecified atom stereocenters. The molecule has 0 amide bonds. The molecular formula is C51H37N5. The van der Waals surface area contributed by atoms with Gasteiger partial charge in [-0.1, -0.05) is 147 Å². The van der Waals surface area contributed by atoms with Crippen molar-refractivity contribution in [1.82, 2.24) is 19.9 Å². The van der Waals surface area contributed by atoms with E-state index in [1.165, 1.54) is 38.8 Å². The van der Waals surface area contributed by atoms with E-state index in [-0.39, 0.29) is 5.41 Å². The summed E-state index contributed by atoms with van der Waals surface area (Å²) in [5.41, 5.74) is 12.6. The van der Waals surface area contributed by atoms with Crippen LogP contribution in [0.3, 0.4) is 0 Å². The summed E-state index contributed by atoms with van der Waals surface area (Å²) in [4.78, 5) is 20.2. The van der Waals surface area contributed by atoms with Crippen LogP contribution in [0.25, 0.3) is 61.0 Å². The number of aromatic nitrogens is 3. The van der Waals surface area contributed by atoms with Crippen molar-refractivity contribution in [2.45, 2.75) is 19.3 Å². The van der Waals surface area contributed by atoms with Crippen LogP contribution in [0.5, 0.6) is 0 Å². The van der Waals surface area contributed by atoms with Gasteiger partial charge in [0.15, 0.2) is 11.6 Å². The van der Waals surface area contributed by atoms with Crippen LogP contribution >= 0.6 is 0 Å². The SMILES string of the molecule is CC1(C)c2ccccc2-c2cc3cc4ccccc4c(-c4ncnc(C5=C(c6ccccc6)N6CC=C(c7ccccc7)C=C6N5c5ccccc5)n4)c3cc21. The first-order valence-corrected chi connectivity index (χ1v) is 19.2. The van der Waals surface area contributed by atoms with Crippen LogP contribution in [0.15, 0.2) is 182 Å². The van der Waals surface area contributed by atoms with Crippen LogP contribution in [-0.2, 0) is 5.41 Å². The fourth-order valence-corrected chi connectivity index (χ4v) is 9.10. The summed E-state index contributed by atoms with van der Waals surface area (Å²) in [6.45, 7) is 5.37. The van der Waals surface area contributed by atoms with Crippen LogP contribution in [0, 0.1) is 0 Å². The number of hydrogen-bond acceptors (Lipinski definition) is 5. The second-order valence-corrected chi connectivity index (χ2v) is 15.3. The van der Waals surface area contributed by atoms with Gasteiger partial charge in [0.25, 0.3) is 0 Å². The molecule has 266 valence electrons. The molecule has 3 aliphatic rings. The van der Waals surface area contributed by atoms with E-state index < -0.39 is 0 Å². The lowest BCUT2D eigenvalue weighted by molar-refractivity contribution is 0.548. The van der Waals surface area contributed by atoms with Crippen molar-refractivity contribution < 1.29 is 0 Å². The molecule has 0 saturated carbocycles. The van der Waals surface area contributed by atoms with E-state index in [1.54, 1.807) is 6.33 Å². The quantitative estimate of drug-likeness (QED) is 0.166. The molecule has 0 spiro atoms. The summed E-state index contributed by atoms with van der Waals surface area (Å²) in [7, 11) is 0. The van der Waals surface area contributed by atoms with E-state index in [1.807, 2.05) is 0 Å². The number of benzene rings is 7. The maximum Gasteiger partial charge on any atom is 0.182 e. The standard InChI is InChI=1S/C51H37N5/c1-51(2)43-25-15-14-24-40(43)42-29-37-28-36-20-12-13-23-39(36)46(41(37)31-44(42)51)49-52-32-53-50(54-49)48-47(34-18-8-4-9-19-34)55-27-26-35(33-16-6-3-7-17-33)30-45(55)56(48)38-21-10-5-11-22-38/h3-26,28-32H,27H2,1-2H3. The van der Waals surface area contributed by atoms with Gasteiger partial charge in [0.05, 0.1) is 5.70 Å². The predicted molar refractivity (Wildman–Crippen MR) is 229 cm³/mol. The van der Waals surface area contributed by atoms with Crippen LogP contribution in [-0.4, -0.2) is 26.4 Å². The number of para-hydroxylation sites is 1. The molecule has 0 saturated heterocycles. The third kappa shape index (κ3) is 4.90. The summed E-state index contributed by atoms with van der Waals surface area (Å²) >= 11 is 0. The van der Waals surface area contributed by atoms with Crippen molar-refractivity contribution in [2.75, 3.05) is 11.4 Å². The van der Waals surface area contributed by atoms with Gasteiger partial charge < -0.3 is 4.90 Å². The molecule has 3 heterocycles. The highest BCUT2D eigenvalue weighted by Crippen LogP contribution is 2.52. The Morgan fingerprint density at radius 3 is 2.04 bits per heavy atom. The maximum absolute atomic E-state index is 5.49. The summed E-state index contributed by atoms with van der Waals surface area (Å²) in [5.74, 6) is 2.32. The average molecular weight is 720 g/mol. The molecule has 56 heavy (non-hydrogen) atoms. The minimum atomic E-state index is -0.145. The lowest BCUT2D eigenvalue weighted by Crippen LogP contribution is -2.27. The van der Waals surface area contributed by atoms with Crippen LogP contribution in [0.2, 0.25) is 0 Å². The molecule has 7 aromatic carbocycles. The molecule has 0 bridgehead atoms. The predicted octanol–water partition coefficient (Wildman–Crippen LogP) is 11.7. The van der Waals surface area contributed by atoms with Crippen molar-refractivity contribution >= 4 is 44.2 Å². The number of fused-ring (bicyclic) bond motifs is 6. The zero-order chi connectivity index (χ0) is 37.4. The molecule has 5 heteroatoms. The Morgan fingerprint density at radius 1 is 0.554 bits per heavy atom. The van der Waals surface area contributed by atoms with Gasteiger partial charge in [-0.15, -0.1) is 0 Å². The van der Waals surface area contributed by atoms with Crippen molar-refractivity contribution in [3.8, 4) is 22.5 Å². The van der Waals surface area contributed by atoms with Crippen molar-refractivity contribution in [1.29, 1.82) is 0 Å². The number of rotatable bonds is 5. The molecule has 0 atom stereocenters. The molecule has 2 aliphatic heterocycles. The highest BCUT2D eigenvalue weighted by molar-refractivity contribution is 6.13. The lowest BCUT2D eigenvalue weighted by atomic mass is 9.81. The van der Waals surface area contributed by atoms with Gasteiger partial charge in [0.1, 0.15) is 17.8 Å². The van der Waals surface area contributed by atoms with Gasteiger partial charge in [-0.05, 0) is 91.3 Å². The van der Waals surface area contributed by atoms with Crippen LogP contribution in [0.1, 0.15) is 41.9 Å². The van der Waals surface area contributed by atoms with E-state index in [9.17, 15) is 0 Å². The molecule has 5 nitrogen and oxygen atoms in total. The molecular weight excluding hydrogens is 683 g/mol. The Kier molecular flexibility index (Phi) is 7.20. The second-order valence-electron chi connectivity index (χ2n) is 15.3. The second kappa shape index (κ2) is 12.5. The molecule has 0 N–H and O–H groups in total. The van der Waals surface area contributed by atoms with Crippen molar-refractivity contribution in [2.24, 2.45) is 0 Å². The Morgan fingerprint density at radius 2 is 1.23 bits per heavy atom. The maximum atomic E-state index is 5.49. The highest BCUT2D eigenvalue weighted by atomic mass is 15.4. The number of hydrogen-bond donors (Lipinski definition) is 0. The number of anilines is 1. The third-order valence-electron chi connectivity index (χ3n) is 11.7. The topological polar surface area (TPSA) is 45.2 Å². The van der Waals surface area contributed by atoms with E-state index >= 15 is 0 Å². The van der Waals surface area contributed by atoms with E-state index in [2.05, 4.69) is 194 Å². The Hall–Kier alpha value is -7.11. The fourth-order valence-electron chi connectivity index (χ4n) is 9.10. The van der Waals surface area contributed by atoms with Crippen LogP contribution in [0.4, 0.5) is 5.69 Å². The summed E-state index contributed by atoms with van der Waals surface area (Å²) < 4.78 is 0. The molecule has 8 aromatic rings. The zero-order valence-corrected chi connectivity index (χ0v) is 31.2. The summed E-state index contributed by atoms with van der Waals surface area (Å²) in [6, 6.07) is 56.3. The zero-order valence-electron chi connectivity index (χ0n) is 31.2. The first kappa shape index (κ1) is 32.3. The number of nitrogens with zero attached hydrogens (tertiary/aromatic N) is 5. The van der Waals surface area contributed by atoms with Gasteiger partial charge in [0, 0.05) is 28.8 Å². The largest absolute Gasteiger partial charge is 0.321 e. The Labute approximate surface area is 326 Å². The van der Waals surface area contributed by atoms with Gasteiger partial charge in [0.2, 0.25) is 0 Å². The average Bonchev–Trinajstić information content (AvgIpc) is 3.71. The normalized spacial score (nSPS) is 15.5. The minimum absolute atomic E-state index is 0.145. The Balaban J connectivity index is 1.16. The third-order valence-corrected chi connectivity index (χ3v) is 11.7. The summed E-state index contributed by atoms with van der Waals surface area (Å²) in [5, 5.41) is 4.58. The highest BCUT2D eigenvalue weighted by Gasteiger charge is 2.40. The van der Waals surface area contributed by atoms with E-state index in [4.69, 9.17) is 15.0 Å². The van der Waals surface area contributed by atoms with Gasteiger partial charge >= 0.3 is 0 Å². The minimum Gasteiger partial charge on any atom is -0.321 e. The lowest BCUT2D eigenvalue weighted by Gasteiger charge is -2.30. The molecule has 0 radical (unpaired) electrons. The fraction of sp³-hybridized carbons (Fsp3) is 0.0784.